The largest absolute Gasteiger partial charge is 0.444 e. The number of rotatable bonds is 5. The van der Waals surface area contributed by atoms with Gasteiger partial charge in [0.15, 0.2) is 0 Å². The van der Waals surface area contributed by atoms with Gasteiger partial charge in [0.2, 0.25) is 0 Å². The van der Waals surface area contributed by atoms with Crippen LogP contribution in [0.3, 0.4) is 0 Å². The van der Waals surface area contributed by atoms with Crippen LogP contribution in [-0.2, 0) is 16.1 Å². The molecule has 0 spiro atoms. The van der Waals surface area contributed by atoms with Gasteiger partial charge in [0.05, 0.1) is 18.3 Å². The third-order valence-electron chi connectivity index (χ3n) is 5.89. The Morgan fingerprint density at radius 2 is 1.91 bits per heavy atom. The summed E-state index contributed by atoms with van der Waals surface area (Å²) in [4.78, 5) is 14.2. The molecular weight excluding hydrogens is 418 g/mol. The van der Waals surface area contributed by atoms with E-state index in [1.54, 1.807) is 4.90 Å². The highest BCUT2D eigenvalue weighted by Gasteiger charge is 2.36. The maximum absolute atomic E-state index is 14.4. The first-order valence-electron chi connectivity index (χ1n) is 11.2. The average Bonchev–Trinajstić information content (AvgIpc) is 3.46. The Labute approximate surface area is 186 Å². The van der Waals surface area contributed by atoms with Crippen LogP contribution in [0.2, 0.25) is 0 Å². The van der Waals surface area contributed by atoms with Crippen molar-refractivity contribution in [1.29, 1.82) is 0 Å². The van der Waals surface area contributed by atoms with Gasteiger partial charge < -0.3 is 18.9 Å². The van der Waals surface area contributed by atoms with E-state index in [1.165, 1.54) is 18.2 Å². The third kappa shape index (κ3) is 4.95. The molecule has 2 unspecified atom stereocenters. The Hall–Kier alpha value is -2.48. The minimum atomic E-state index is -0.679. The molecule has 174 valence electrons. The van der Waals surface area contributed by atoms with Crippen molar-refractivity contribution < 1.29 is 27.6 Å². The van der Waals surface area contributed by atoms with Gasteiger partial charge in [-0.1, -0.05) is 11.2 Å². The smallest absolute Gasteiger partial charge is 0.410 e. The minimum absolute atomic E-state index is 0.0440. The maximum atomic E-state index is 14.4. The maximum Gasteiger partial charge on any atom is 0.410 e. The summed E-state index contributed by atoms with van der Waals surface area (Å²) in [6, 6.07) is 3.70. The Morgan fingerprint density at radius 1 is 1.22 bits per heavy atom. The number of hydrogen-bond acceptors (Lipinski definition) is 5. The van der Waals surface area contributed by atoms with Gasteiger partial charge in [-0.25, -0.2) is 13.6 Å². The van der Waals surface area contributed by atoms with E-state index in [2.05, 4.69) is 5.16 Å². The highest BCUT2D eigenvalue weighted by molar-refractivity contribution is 5.68. The fourth-order valence-corrected chi connectivity index (χ4v) is 4.12. The number of hydrogen-bond donors (Lipinski definition) is 0. The molecule has 2 aromatic rings. The first-order valence-corrected chi connectivity index (χ1v) is 11.2. The van der Waals surface area contributed by atoms with Gasteiger partial charge in [0, 0.05) is 24.1 Å². The van der Waals surface area contributed by atoms with Gasteiger partial charge in [0.25, 0.3) is 0 Å². The number of halogens is 2. The Balaban J connectivity index is 1.46. The van der Waals surface area contributed by atoms with Crippen LogP contribution < -0.4 is 0 Å². The summed E-state index contributed by atoms with van der Waals surface area (Å²) in [6.07, 6.45) is 2.81. The van der Waals surface area contributed by atoms with Crippen molar-refractivity contribution in [3.8, 4) is 11.3 Å². The Morgan fingerprint density at radius 3 is 2.50 bits per heavy atom. The molecule has 0 bridgehead atoms. The molecule has 2 aliphatic rings. The van der Waals surface area contributed by atoms with Gasteiger partial charge in [-0.2, -0.15) is 0 Å². The number of ether oxygens (including phenoxy) is 2. The fraction of sp³-hybridized carbons (Fsp3) is 0.583. The first kappa shape index (κ1) is 22.7. The van der Waals surface area contributed by atoms with Gasteiger partial charge in [0.1, 0.15) is 28.7 Å². The molecule has 8 heteroatoms. The highest BCUT2D eigenvalue weighted by Crippen LogP contribution is 2.45. The SMILES string of the molecule is CC1CC(OCc2c(-c3c(F)cccc3F)noc2C2CC2)CCN1C(=O)OC(C)(C)C. The van der Waals surface area contributed by atoms with Gasteiger partial charge in [-0.3, -0.25) is 0 Å². The number of likely N-dealkylation sites (tertiary alicyclic amines) is 1. The zero-order valence-corrected chi connectivity index (χ0v) is 19.0. The van der Waals surface area contributed by atoms with Gasteiger partial charge in [-0.05, 0) is 65.5 Å². The van der Waals surface area contributed by atoms with Crippen LogP contribution in [-0.4, -0.2) is 40.4 Å². The van der Waals surface area contributed by atoms with Crippen LogP contribution in [0, 0.1) is 11.6 Å². The summed E-state index contributed by atoms with van der Waals surface area (Å²) in [5.74, 6) is -0.484. The minimum Gasteiger partial charge on any atom is -0.444 e. The molecule has 0 N–H and O–H groups in total. The summed E-state index contributed by atoms with van der Waals surface area (Å²) in [6.45, 7) is 8.18. The van der Waals surface area contributed by atoms with Crippen molar-refractivity contribution in [2.24, 2.45) is 0 Å². The van der Waals surface area contributed by atoms with E-state index in [9.17, 15) is 13.6 Å². The molecular formula is C24H30F2N2O4. The summed E-state index contributed by atoms with van der Waals surface area (Å²) in [7, 11) is 0. The van der Waals surface area contributed by atoms with Gasteiger partial charge >= 0.3 is 6.09 Å². The first-order chi connectivity index (χ1) is 15.1. The number of carbonyl (C=O) groups is 1. The third-order valence-corrected chi connectivity index (χ3v) is 5.89. The lowest BCUT2D eigenvalue weighted by atomic mass is 10.0. The van der Waals surface area contributed by atoms with E-state index in [4.69, 9.17) is 14.0 Å². The molecule has 2 atom stereocenters. The molecule has 1 saturated heterocycles. The topological polar surface area (TPSA) is 64.8 Å². The van der Waals surface area contributed by atoms with E-state index in [0.29, 0.717) is 30.7 Å². The quantitative estimate of drug-likeness (QED) is 0.578. The van der Waals surface area contributed by atoms with Crippen molar-refractivity contribution in [2.75, 3.05) is 6.54 Å². The predicted molar refractivity (Wildman–Crippen MR) is 114 cm³/mol. The summed E-state index contributed by atoms with van der Waals surface area (Å²) >= 11 is 0. The number of amides is 1. The zero-order chi connectivity index (χ0) is 23.0. The summed E-state index contributed by atoms with van der Waals surface area (Å²) < 4.78 is 46.0. The molecule has 1 aromatic heterocycles. The molecule has 4 rings (SSSR count). The highest BCUT2D eigenvalue weighted by atomic mass is 19.1. The van der Waals surface area contributed by atoms with E-state index >= 15 is 0 Å². The molecule has 32 heavy (non-hydrogen) atoms. The normalized spacial score (nSPS) is 21.6. The average molecular weight is 449 g/mol. The standard InChI is InChI=1S/C24H30F2N2O4/c1-14-12-16(10-11-28(14)23(29)31-24(2,3)4)30-13-17-21(27-32-22(17)15-8-9-15)20-18(25)6-5-7-19(20)26/h5-7,14-16H,8-13H2,1-4H3. The lowest BCUT2D eigenvalue weighted by Crippen LogP contribution is -2.48. The second-order valence-corrected chi connectivity index (χ2v) is 9.73. The lowest BCUT2D eigenvalue weighted by Gasteiger charge is -2.38. The van der Waals surface area contributed by atoms with Crippen LogP contribution in [0.1, 0.15) is 70.6 Å². The molecule has 1 amide bonds. The molecule has 0 radical (unpaired) electrons. The van der Waals surface area contributed by atoms with E-state index in [-0.39, 0.29) is 42.0 Å². The molecule has 2 heterocycles. The predicted octanol–water partition coefficient (Wildman–Crippen LogP) is 5.80. The van der Waals surface area contributed by atoms with Crippen molar-refractivity contribution in [1.82, 2.24) is 10.1 Å². The fourth-order valence-electron chi connectivity index (χ4n) is 4.12. The van der Waals surface area contributed by atoms with Crippen LogP contribution in [0.15, 0.2) is 22.7 Å². The van der Waals surface area contributed by atoms with Crippen LogP contribution in [0.25, 0.3) is 11.3 Å². The van der Waals surface area contributed by atoms with Crippen LogP contribution in [0.4, 0.5) is 13.6 Å². The molecule has 6 nitrogen and oxygen atoms in total. The summed E-state index contributed by atoms with van der Waals surface area (Å²) in [5.41, 5.74) is 0.0473. The molecule has 1 aliphatic heterocycles. The number of piperidine rings is 1. The number of carbonyl (C=O) groups excluding carboxylic acids is 1. The van der Waals surface area contributed by atoms with Crippen molar-refractivity contribution in [2.45, 2.75) is 83.6 Å². The molecule has 1 saturated carbocycles. The summed E-state index contributed by atoms with van der Waals surface area (Å²) in [5, 5.41) is 4.01. The molecule has 2 fully saturated rings. The van der Waals surface area contributed by atoms with Crippen molar-refractivity contribution in [3.05, 3.63) is 41.2 Å². The van der Waals surface area contributed by atoms with Crippen LogP contribution in [0.5, 0.6) is 0 Å². The monoisotopic (exact) mass is 448 g/mol. The number of nitrogens with zero attached hydrogens (tertiary/aromatic N) is 2. The molecule has 1 aliphatic carbocycles. The Bertz CT molecular complexity index is 961. The number of aromatic nitrogens is 1. The zero-order valence-electron chi connectivity index (χ0n) is 19.0. The lowest BCUT2D eigenvalue weighted by molar-refractivity contribution is -0.0331. The molecule has 1 aromatic carbocycles. The van der Waals surface area contributed by atoms with E-state index in [0.717, 1.165) is 12.8 Å². The van der Waals surface area contributed by atoms with E-state index < -0.39 is 17.2 Å². The van der Waals surface area contributed by atoms with Crippen molar-refractivity contribution >= 4 is 6.09 Å². The van der Waals surface area contributed by atoms with Crippen molar-refractivity contribution in [3.63, 3.8) is 0 Å². The van der Waals surface area contributed by atoms with E-state index in [1.807, 2.05) is 27.7 Å². The van der Waals surface area contributed by atoms with Gasteiger partial charge in [-0.15, -0.1) is 0 Å². The second-order valence-electron chi connectivity index (χ2n) is 9.73. The Kier molecular flexibility index (Phi) is 6.25. The van der Waals surface area contributed by atoms with Crippen LogP contribution >= 0.6 is 0 Å². The number of benzene rings is 1. The second kappa shape index (κ2) is 8.81.